The predicted octanol–water partition coefficient (Wildman–Crippen LogP) is 2.06. The molecule has 0 aliphatic rings. The van der Waals surface area contributed by atoms with Gasteiger partial charge in [-0.1, -0.05) is 31.8 Å². The Balaban J connectivity index is 3.79. The molecule has 16 heavy (non-hydrogen) atoms. The van der Waals surface area contributed by atoms with Gasteiger partial charge in [0.15, 0.2) is 0 Å². The molecular weight excluding hydrogens is 224 g/mol. The molecule has 0 aliphatic heterocycles. The van der Waals surface area contributed by atoms with E-state index in [0.717, 1.165) is 12.1 Å². The number of hydrogen-bond acceptors (Lipinski definition) is 3. The number of ether oxygens (including phenoxy) is 1. The van der Waals surface area contributed by atoms with E-state index in [4.69, 9.17) is 9.84 Å². The van der Waals surface area contributed by atoms with Crippen LogP contribution >= 0.6 is 0 Å². The van der Waals surface area contributed by atoms with E-state index in [1.807, 2.05) is 0 Å². The number of esters is 1. The molecule has 0 aliphatic carbocycles. The summed E-state index contributed by atoms with van der Waals surface area (Å²) >= 11 is 0. The maximum absolute atomic E-state index is 11.1. The highest BCUT2D eigenvalue weighted by atomic mass is 28.3. The summed E-state index contributed by atoms with van der Waals surface area (Å²) in [5, 5.41) is 8.28. The van der Waals surface area contributed by atoms with Gasteiger partial charge in [0.1, 0.15) is 0 Å². The van der Waals surface area contributed by atoms with Gasteiger partial charge >= 0.3 is 11.9 Å². The minimum atomic E-state index is -1.17. The van der Waals surface area contributed by atoms with E-state index in [0.29, 0.717) is 6.61 Å². The second kappa shape index (κ2) is 7.00. The maximum Gasteiger partial charge on any atom is 0.330 e. The number of carbonyl (C=O) groups is 2. The molecule has 0 rings (SSSR count). The minimum absolute atomic E-state index is 0.432. The van der Waals surface area contributed by atoms with E-state index in [-0.39, 0.29) is 0 Å². The highest BCUT2D eigenvalue weighted by molar-refractivity contribution is 6.76. The second-order valence-corrected chi connectivity index (χ2v) is 10.2. The van der Waals surface area contributed by atoms with Gasteiger partial charge in [-0.15, -0.1) is 0 Å². The summed E-state index contributed by atoms with van der Waals surface area (Å²) in [6.45, 7) is 7.03. The zero-order chi connectivity index (χ0) is 12.6. The summed E-state index contributed by atoms with van der Waals surface area (Å²) in [6.07, 6.45) is 4.79. The van der Waals surface area contributed by atoms with Gasteiger partial charge in [0.25, 0.3) is 0 Å². The first-order valence-corrected chi connectivity index (χ1v) is 8.76. The van der Waals surface area contributed by atoms with Crippen LogP contribution < -0.4 is 0 Å². The molecule has 0 spiro atoms. The van der Waals surface area contributed by atoms with E-state index in [2.05, 4.69) is 19.6 Å². The van der Waals surface area contributed by atoms with Crippen LogP contribution in [0, 0.1) is 0 Å². The lowest BCUT2D eigenvalue weighted by Crippen LogP contribution is -2.22. The number of carboxylic acid groups (broad SMARTS) is 1. The molecule has 1 N–H and O–H groups in total. The predicted molar refractivity (Wildman–Crippen MR) is 65.0 cm³/mol. The summed E-state index contributed by atoms with van der Waals surface area (Å²) < 4.78 is 4.95. The standard InChI is InChI=1S/C11H18O4Si/c1-16(2,3)9-8-15-11(14)7-5-4-6-10(12)13/h4-7H,8-9H2,1-3H3,(H,12,13). The summed E-state index contributed by atoms with van der Waals surface area (Å²) in [7, 11) is -1.17. The maximum atomic E-state index is 11.1. The van der Waals surface area contributed by atoms with Crippen molar-refractivity contribution in [1.82, 2.24) is 0 Å². The average Bonchev–Trinajstić information content (AvgIpc) is 2.10. The van der Waals surface area contributed by atoms with E-state index in [1.165, 1.54) is 18.2 Å². The fourth-order valence-corrected chi connectivity index (χ4v) is 1.49. The molecule has 0 unspecified atom stereocenters. The van der Waals surface area contributed by atoms with Gasteiger partial charge in [0, 0.05) is 20.2 Å². The van der Waals surface area contributed by atoms with Crippen molar-refractivity contribution < 1.29 is 19.4 Å². The van der Waals surface area contributed by atoms with Crippen molar-refractivity contribution in [2.45, 2.75) is 25.7 Å². The van der Waals surface area contributed by atoms with E-state index >= 15 is 0 Å². The third kappa shape index (κ3) is 10.7. The molecule has 5 heteroatoms. The molecule has 0 saturated heterocycles. The van der Waals surface area contributed by atoms with Gasteiger partial charge in [0.05, 0.1) is 6.61 Å². The van der Waals surface area contributed by atoms with Crippen LogP contribution in [0.5, 0.6) is 0 Å². The molecule has 90 valence electrons. The first-order valence-electron chi connectivity index (χ1n) is 5.06. The van der Waals surface area contributed by atoms with E-state index in [1.54, 1.807) is 0 Å². The Labute approximate surface area is 96.6 Å². The van der Waals surface area contributed by atoms with Gasteiger partial charge in [-0.25, -0.2) is 9.59 Å². The number of aliphatic carboxylic acids is 1. The third-order valence-electron chi connectivity index (χ3n) is 1.68. The number of carboxylic acids is 1. The number of carbonyl (C=O) groups excluding carboxylic acids is 1. The fraction of sp³-hybridized carbons (Fsp3) is 0.455. The van der Waals surface area contributed by atoms with Crippen LogP contribution in [0.15, 0.2) is 24.3 Å². The van der Waals surface area contributed by atoms with Crippen molar-refractivity contribution in [3.63, 3.8) is 0 Å². The van der Waals surface area contributed by atoms with Crippen molar-refractivity contribution in [3.05, 3.63) is 24.3 Å². The van der Waals surface area contributed by atoms with Crippen molar-refractivity contribution in [2.75, 3.05) is 6.61 Å². The number of hydrogen-bond donors (Lipinski definition) is 1. The topological polar surface area (TPSA) is 63.6 Å². The first-order chi connectivity index (χ1) is 7.31. The van der Waals surface area contributed by atoms with E-state index in [9.17, 15) is 9.59 Å². The molecule has 0 amide bonds. The molecule has 0 aromatic heterocycles. The van der Waals surface area contributed by atoms with Gasteiger partial charge in [-0.05, 0) is 6.04 Å². The quantitative estimate of drug-likeness (QED) is 0.335. The van der Waals surface area contributed by atoms with Gasteiger partial charge < -0.3 is 9.84 Å². The zero-order valence-corrected chi connectivity index (χ0v) is 10.9. The summed E-state index contributed by atoms with van der Waals surface area (Å²) in [6, 6.07) is 0.928. The molecule has 0 saturated carbocycles. The molecule has 4 nitrogen and oxygen atoms in total. The highest BCUT2D eigenvalue weighted by Gasteiger charge is 2.12. The van der Waals surface area contributed by atoms with Crippen LogP contribution in [-0.2, 0) is 14.3 Å². The van der Waals surface area contributed by atoms with Crippen LogP contribution in [0.25, 0.3) is 0 Å². The Morgan fingerprint density at radius 2 is 1.75 bits per heavy atom. The SMILES string of the molecule is C[Si](C)(C)CCOC(=O)C=CC=CC(=O)O. The Kier molecular flexibility index (Phi) is 6.40. The molecule has 0 radical (unpaired) electrons. The Hall–Kier alpha value is -1.36. The third-order valence-corrected chi connectivity index (χ3v) is 3.38. The van der Waals surface area contributed by atoms with Gasteiger partial charge in [-0.2, -0.15) is 0 Å². The lowest BCUT2D eigenvalue weighted by atomic mass is 10.4. The van der Waals surface area contributed by atoms with Crippen molar-refractivity contribution in [1.29, 1.82) is 0 Å². The zero-order valence-electron chi connectivity index (χ0n) is 9.90. The number of rotatable bonds is 6. The smallest absolute Gasteiger partial charge is 0.330 e. The minimum Gasteiger partial charge on any atom is -0.478 e. The van der Waals surface area contributed by atoms with Crippen molar-refractivity contribution in [2.24, 2.45) is 0 Å². The Morgan fingerprint density at radius 1 is 1.19 bits per heavy atom. The Morgan fingerprint density at radius 3 is 2.25 bits per heavy atom. The molecule has 0 fully saturated rings. The summed E-state index contributed by atoms with van der Waals surface area (Å²) in [5.41, 5.74) is 0. The van der Waals surface area contributed by atoms with Crippen molar-refractivity contribution in [3.8, 4) is 0 Å². The van der Waals surface area contributed by atoms with Crippen molar-refractivity contribution >= 4 is 20.0 Å². The molecule has 0 aromatic carbocycles. The van der Waals surface area contributed by atoms with Crippen LogP contribution in [0.1, 0.15) is 0 Å². The molecule has 0 atom stereocenters. The molecule has 0 aromatic rings. The first kappa shape index (κ1) is 14.6. The highest BCUT2D eigenvalue weighted by Crippen LogP contribution is 2.07. The molecule has 0 heterocycles. The largest absolute Gasteiger partial charge is 0.478 e. The normalized spacial score (nSPS) is 12.2. The fourth-order valence-electron chi connectivity index (χ4n) is 0.778. The number of allylic oxidation sites excluding steroid dienone is 2. The van der Waals surface area contributed by atoms with Gasteiger partial charge in [0.2, 0.25) is 0 Å². The molecule has 0 bridgehead atoms. The van der Waals surface area contributed by atoms with Crippen LogP contribution in [0.4, 0.5) is 0 Å². The van der Waals surface area contributed by atoms with Crippen LogP contribution in [0.3, 0.4) is 0 Å². The average molecular weight is 242 g/mol. The van der Waals surface area contributed by atoms with Crippen LogP contribution in [-0.4, -0.2) is 31.7 Å². The lowest BCUT2D eigenvalue weighted by Gasteiger charge is -2.14. The second-order valence-electron chi connectivity index (χ2n) is 4.53. The summed E-state index contributed by atoms with van der Waals surface area (Å²) in [5.74, 6) is -1.48. The monoisotopic (exact) mass is 242 g/mol. The Bertz CT molecular complexity index is 300. The van der Waals surface area contributed by atoms with E-state index < -0.39 is 20.0 Å². The van der Waals surface area contributed by atoms with Gasteiger partial charge in [-0.3, -0.25) is 0 Å². The van der Waals surface area contributed by atoms with Crippen LogP contribution in [0.2, 0.25) is 25.7 Å². The lowest BCUT2D eigenvalue weighted by molar-refractivity contribution is -0.137. The summed E-state index contributed by atoms with van der Waals surface area (Å²) in [4.78, 5) is 21.2. The molecular formula is C11H18O4Si.